The van der Waals surface area contributed by atoms with Gasteiger partial charge in [0, 0.05) is 17.8 Å². The Morgan fingerprint density at radius 1 is 1.05 bits per heavy atom. The first-order valence-electron chi connectivity index (χ1n) is 5.51. The third kappa shape index (κ3) is 2.28. The lowest BCUT2D eigenvalue weighted by molar-refractivity contribution is 0.432. The smallest absolute Gasteiger partial charge is 0.259 e. The summed E-state index contributed by atoms with van der Waals surface area (Å²) in [5.74, 6) is 0.324. The largest absolute Gasteiger partial charge is 0.334 e. The van der Waals surface area contributed by atoms with Gasteiger partial charge < -0.3 is 9.51 Å². The van der Waals surface area contributed by atoms with Crippen LogP contribution in [0.1, 0.15) is 0 Å². The second kappa shape index (κ2) is 4.49. The molecule has 0 saturated heterocycles. The van der Waals surface area contributed by atoms with Crippen molar-refractivity contribution in [1.29, 1.82) is 0 Å². The van der Waals surface area contributed by atoms with Crippen LogP contribution in [0.2, 0.25) is 0 Å². The molecule has 0 aliphatic heterocycles. The van der Waals surface area contributed by atoms with E-state index in [0.717, 1.165) is 0 Å². The average Bonchev–Trinajstić information content (AvgIpc) is 2.90. The van der Waals surface area contributed by atoms with E-state index in [2.05, 4.69) is 15.1 Å². The van der Waals surface area contributed by atoms with Gasteiger partial charge in [-0.15, -0.1) is 0 Å². The van der Waals surface area contributed by atoms with Crippen molar-refractivity contribution in [3.63, 3.8) is 0 Å². The van der Waals surface area contributed by atoms with Crippen molar-refractivity contribution in [2.75, 3.05) is 0 Å². The molecule has 6 heteroatoms. The standard InChI is InChI=1S/C13H8FN3O2/c14-10-4-1-8(2-5-10)12-16-13(19-17-12)9-3-6-11(18)15-7-9/h1-7H,(H,15,18). The third-order valence-corrected chi connectivity index (χ3v) is 2.56. The van der Waals surface area contributed by atoms with Crippen LogP contribution in [0.15, 0.2) is 51.9 Å². The molecule has 0 unspecified atom stereocenters. The molecule has 0 fully saturated rings. The topological polar surface area (TPSA) is 71.8 Å². The van der Waals surface area contributed by atoms with E-state index in [1.807, 2.05) is 0 Å². The van der Waals surface area contributed by atoms with Crippen molar-refractivity contribution >= 4 is 0 Å². The Hall–Kier alpha value is -2.76. The number of hydrogen-bond acceptors (Lipinski definition) is 4. The maximum Gasteiger partial charge on any atom is 0.259 e. The number of rotatable bonds is 2. The summed E-state index contributed by atoms with van der Waals surface area (Å²) in [5, 5.41) is 3.81. The monoisotopic (exact) mass is 257 g/mol. The second-order valence-corrected chi connectivity index (χ2v) is 3.87. The molecule has 2 aromatic heterocycles. The molecule has 1 N–H and O–H groups in total. The maximum absolute atomic E-state index is 12.8. The molecule has 0 spiro atoms. The summed E-state index contributed by atoms with van der Waals surface area (Å²) in [7, 11) is 0. The van der Waals surface area contributed by atoms with E-state index in [1.54, 1.807) is 18.2 Å². The average molecular weight is 257 g/mol. The highest BCUT2D eigenvalue weighted by Gasteiger charge is 2.10. The molecule has 0 aliphatic carbocycles. The molecule has 2 heterocycles. The lowest BCUT2D eigenvalue weighted by atomic mass is 10.2. The number of aromatic nitrogens is 3. The first kappa shape index (κ1) is 11.3. The Morgan fingerprint density at radius 3 is 2.47 bits per heavy atom. The van der Waals surface area contributed by atoms with E-state index in [4.69, 9.17) is 4.52 Å². The molecule has 0 aliphatic rings. The number of H-pyrrole nitrogens is 1. The van der Waals surface area contributed by atoms with Gasteiger partial charge >= 0.3 is 0 Å². The van der Waals surface area contributed by atoms with Gasteiger partial charge in [-0.1, -0.05) is 5.16 Å². The highest BCUT2D eigenvalue weighted by molar-refractivity contribution is 5.58. The fraction of sp³-hybridized carbons (Fsp3) is 0. The summed E-state index contributed by atoms with van der Waals surface area (Å²) in [5.41, 5.74) is 1.06. The van der Waals surface area contributed by atoms with Crippen molar-refractivity contribution in [3.8, 4) is 22.8 Å². The van der Waals surface area contributed by atoms with Crippen molar-refractivity contribution < 1.29 is 8.91 Å². The predicted molar refractivity (Wildman–Crippen MR) is 65.7 cm³/mol. The maximum atomic E-state index is 12.8. The van der Waals surface area contributed by atoms with Crippen LogP contribution in [-0.4, -0.2) is 15.1 Å². The van der Waals surface area contributed by atoms with Crippen molar-refractivity contribution in [3.05, 3.63) is 58.8 Å². The van der Waals surface area contributed by atoms with Crippen LogP contribution < -0.4 is 5.56 Å². The predicted octanol–water partition coefficient (Wildman–Crippen LogP) is 2.23. The van der Waals surface area contributed by atoms with E-state index in [-0.39, 0.29) is 17.3 Å². The van der Waals surface area contributed by atoms with Crippen molar-refractivity contribution in [1.82, 2.24) is 15.1 Å². The van der Waals surface area contributed by atoms with E-state index in [9.17, 15) is 9.18 Å². The minimum atomic E-state index is -0.326. The first-order valence-corrected chi connectivity index (χ1v) is 5.51. The van der Waals surface area contributed by atoms with Crippen LogP contribution in [0.25, 0.3) is 22.8 Å². The molecule has 5 nitrogen and oxygen atoms in total. The van der Waals surface area contributed by atoms with Crippen LogP contribution in [0.4, 0.5) is 4.39 Å². The van der Waals surface area contributed by atoms with E-state index in [1.165, 1.54) is 24.4 Å². The van der Waals surface area contributed by atoms with Crippen LogP contribution in [0, 0.1) is 5.82 Å². The minimum absolute atomic E-state index is 0.206. The molecule has 0 bridgehead atoms. The fourth-order valence-corrected chi connectivity index (χ4v) is 1.60. The van der Waals surface area contributed by atoms with Gasteiger partial charge in [-0.25, -0.2) is 4.39 Å². The van der Waals surface area contributed by atoms with Crippen LogP contribution in [0.5, 0.6) is 0 Å². The molecule has 0 saturated carbocycles. The summed E-state index contributed by atoms with van der Waals surface area (Å²) < 4.78 is 17.9. The lowest BCUT2D eigenvalue weighted by Gasteiger charge is -1.93. The zero-order valence-electron chi connectivity index (χ0n) is 9.63. The van der Waals surface area contributed by atoms with Crippen molar-refractivity contribution in [2.45, 2.75) is 0 Å². The molecule has 0 amide bonds. The molecule has 0 atom stereocenters. The lowest BCUT2D eigenvalue weighted by Crippen LogP contribution is -2.01. The number of halogens is 1. The molecule has 19 heavy (non-hydrogen) atoms. The number of nitrogens with zero attached hydrogens (tertiary/aromatic N) is 2. The number of nitrogens with one attached hydrogen (secondary N) is 1. The molecule has 1 aromatic carbocycles. The van der Waals surface area contributed by atoms with Crippen LogP contribution in [0.3, 0.4) is 0 Å². The van der Waals surface area contributed by atoms with Gasteiger partial charge in [0.05, 0.1) is 5.56 Å². The summed E-state index contributed by atoms with van der Waals surface area (Å²) in [6.07, 6.45) is 1.49. The van der Waals surface area contributed by atoms with Gasteiger partial charge in [0.15, 0.2) is 0 Å². The molecular formula is C13H8FN3O2. The van der Waals surface area contributed by atoms with Gasteiger partial charge in [0.1, 0.15) is 5.82 Å². The van der Waals surface area contributed by atoms with Gasteiger partial charge in [0.2, 0.25) is 11.4 Å². The third-order valence-electron chi connectivity index (χ3n) is 2.56. The van der Waals surface area contributed by atoms with Gasteiger partial charge in [0.25, 0.3) is 5.89 Å². The quantitative estimate of drug-likeness (QED) is 0.764. The Balaban J connectivity index is 1.97. The number of benzene rings is 1. The summed E-state index contributed by atoms with van der Waals surface area (Å²) in [6.45, 7) is 0. The fourth-order valence-electron chi connectivity index (χ4n) is 1.60. The summed E-state index contributed by atoms with van der Waals surface area (Å²) in [6, 6.07) is 8.74. The van der Waals surface area contributed by atoms with E-state index in [0.29, 0.717) is 17.0 Å². The van der Waals surface area contributed by atoms with E-state index < -0.39 is 0 Å². The summed E-state index contributed by atoms with van der Waals surface area (Å²) in [4.78, 5) is 17.7. The molecular weight excluding hydrogens is 249 g/mol. The Bertz CT molecular complexity index is 742. The minimum Gasteiger partial charge on any atom is -0.334 e. The number of aromatic amines is 1. The molecule has 3 aromatic rings. The Kier molecular flexibility index (Phi) is 2.68. The van der Waals surface area contributed by atoms with Crippen molar-refractivity contribution in [2.24, 2.45) is 0 Å². The second-order valence-electron chi connectivity index (χ2n) is 3.87. The van der Waals surface area contributed by atoms with Crippen LogP contribution in [-0.2, 0) is 0 Å². The highest BCUT2D eigenvalue weighted by Crippen LogP contribution is 2.21. The SMILES string of the molecule is O=c1ccc(-c2nc(-c3ccc(F)cc3)no2)c[nH]1. The number of hydrogen-bond donors (Lipinski definition) is 1. The first-order chi connectivity index (χ1) is 9.22. The zero-order chi connectivity index (χ0) is 13.2. The highest BCUT2D eigenvalue weighted by atomic mass is 19.1. The Labute approximate surface area is 106 Å². The molecule has 0 radical (unpaired) electrons. The normalized spacial score (nSPS) is 10.6. The zero-order valence-corrected chi connectivity index (χ0v) is 9.63. The van der Waals surface area contributed by atoms with Gasteiger partial charge in [-0.3, -0.25) is 4.79 Å². The van der Waals surface area contributed by atoms with Gasteiger partial charge in [-0.05, 0) is 30.3 Å². The van der Waals surface area contributed by atoms with E-state index >= 15 is 0 Å². The summed E-state index contributed by atoms with van der Waals surface area (Å²) >= 11 is 0. The van der Waals surface area contributed by atoms with Crippen LogP contribution >= 0.6 is 0 Å². The molecule has 94 valence electrons. The Morgan fingerprint density at radius 2 is 1.79 bits per heavy atom. The number of pyridine rings is 1. The van der Waals surface area contributed by atoms with Gasteiger partial charge in [-0.2, -0.15) is 4.98 Å². The molecule has 3 rings (SSSR count).